The number of thioether (sulfide) groups is 1. The van der Waals surface area contributed by atoms with Crippen LogP contribution in [-0.2, 0) is 11.2 Å². The van der Waals surface area contributed by atoms with Gasteiger partial charge in [0.1, 0.15) is 5.75 Å². The molecule has 23 heavy (non-hydrogen) atoms. The number of hydrogen-bond donors (Lipinski definition) is 1. The molecule has 0 aliphatic heterocycles. The van der Waals surface area contributed by atoms with E-state index in [1.165, 1.54) is 11.8 Å². The highest BCUT2D eigenvalue weighted by Crippen LogP contribution is 2.29. The van der Waals surface area contributed by atoms with Crippen molar-refractivity contribution in [3.8, 4) is 5.75 Å². The maximum atomic E-state index is 12.2. The first-order chi connectivity index (χ1) is 11.1. The molecule has 0 aliphatic rings. The molecule has 1 atom stereocenters. The van der Waals surface area contributed by atoms with E-state index in [0.29, 0.717) is 11.6 Å². The maximum Gasteiger partial charge on any atom is 0.233 e. The summed E-state index contributed by atoms with van der Waals surface area (Å²) in [7, 11) is 1.65. The minimum absolute atomic E-state index is 0.0171. The zero-order chi connectivity index (χ0) is 16.7. The Labute approximate surface area is 146 Å². The Balaban J connectivity index is 1.78. The van der Waals surface area contributed by atoms with Crippen molar-refractivity contribution >= 4 is 29.3 Å². The normalized spacial score (nSPS) is 11.8. The number of carbonyl (C=O) groups is 1. The molecule has 0 spiro atoms. The molecule has 2 aromatic carbocycles. The quantitative estimate of drug-likeness (QED) is 0.762. The standard InChI is InChI=1S/C18H20ClNO2S/c1-13(23-17-6-4-3-5-16(17)19)18(21)20-12-11-14-7-9-15(22-2)10-8-14/h3-10,13H,11-12H2,1-2H3,(H,20,21)/t13-/m0/s1. The Bertz CT molecular complexity index is 646. The van der Waals surface area contributed by atoms with Crippen LogP contribution in [-0.4, -0.2) is 24.8 Å². The molecule has 0 saturated carbocycles. The molecule has 5 heteroatoms. The van der Waals surface area contributed by atoms with E-state index in [0.717, 1.165) is 22.6 Å². The first-order valence-corrected chi connectivity index (χ1v) is 8.67. The van der Waals surface area contributed by atoms with Crippen LogP contribution in [0.15, 0.2) is 53.4 Å². The van der Waals surface area contributed by atoms with Gasteiger partial charge in [0.05, 0.1) is 17.4 Å². The summed E-state index contributed by atoms with van der Waals surface area (Å²) in [4.78, 5) is 13.1. The smallest absolute Gasteiger partial charge is 0.233 e. The lowest BCUT2D eigenvalue weighted by molar-refractivity contribution is -0.120. The minimum atomic E-state index is -0.189. The monoisotopic (exact) mass is 349 g/mol. The van der Waals surface area contributed by atoms with E-state index < -0.39 is 0 Å². The van der Waals surface area contributed by atoms with Gasteiger partial charge in [-0.2, -0.15) is 0 Å². The van der Waals surface area contributed by atoms with E-state index >= 15 is 0 Å². The number of amides is 1. The number of halogens is 1. The average molecular weight is 350 g/mol. The average Bonchev–Trinajstić information content (AvgIpc) is 2.57. The van der Waals surface area contributed by atoms with Crippen molar-refractivity contribution in [1.82, 2.24) is 5.32 Å². The Kier molecular flexibility index (Phi) is 6.81. The molecule has 1 amide bonds. The molecule has 0 aromatic heterocycles. The molecule has 0 radical (unpaired) electrons. The van der Waals surface area contributed by atoms with Gasteiger partial charge in [-0.15, -0.1) is 11.8 Å². The van der Waals surface area contributed by atoms with Crippen LogP contribution in [0.4, 0.5) is 0 Å². The van der Waals surface area contributed by atoms with Crippen LogP contribution in [0.3, 0.4) is 0 Å². The Hall–Kier alpha value is -1.65. The summed E-state index contributed by atoms with van der Waals surface area (Å²) in [5, 5.41) is 3.45. The van der Waals surface area contributed by atoms with Crippen LogP contribution in [0.5, 0.6) is 5.75 Å². The topological polar surface area (TPSA) is 38.3 Å². The highest BCUT2D eigenvalue weighted by molar-refractivity contribution is 8.00. The molecule has 2 aromatic rings. The maximum absolute atomic E-state index is 12.2. The van der Waals surface area contributed by atoms with Crippen molar-refractivity contribution in [2.24, 2.45) is 0 Å². The van der Waals surface area contributed by atoms with Crippen molar-refractivity contribution in [1.29, 1.82) is 0 Å². The lowest BCUT2D eigenvalue weighted by Crippen LogP contribution is -2.32. The van der Waals surface area contributed by atoms with Gasteiger partial charge in [0, 0.05) is 11.4 Å². The van der Waals surface area contributed by atoms with E-state index in [1.807, 2.05) is 55.5 Å². The summed E-state index contributed by atoms with van der Waals surface area (Å²) in [6.07, 6.45) is 0.791. The third-order valence-corrected chi connectivity index (χ3v) is 5.00. The van der Waals surface area contributed by atoms with Gasteiger partial charge >= 0.3 is 0 Å². The highest BCUT2D eigenvalue weighted by Gasteiger charge is 2.15. The van der Waals surface area contributed by atoms with Crippen molar-refractivity contribution in [3.05, 3.63) is 59.1 Å². The molecule has 0 bridgehead atoms. The second-order valence-corrected chi connectivity index (χ2v) is 6.87. The molecule has 3 nitrogen and oxygen atoms in total. The molecule has 0 saturated heterocycles. The van der Waals surface area contributed by atoms with E-state index in [9.17, 15) is 4.79 Å². The molecular weight excluding hydrogens is 330 g/mol. The van der Waals surface area contributed by atoms with Gasteiger partial charge in [-0.1, -0.05) is 35.9 Å². The van der Waals surface area contributed by atoms with Gasteiger partial charge in [-0.05, 0) is 43.2 Å². The number of methoxy groups -OCH3 is 1. The lowest BCUT2D eigenvalue weighted by Gasteiger charge is -2.13. The third-order valence-electron chi connectivity index (χ3n) is 3.38. The predicted octanol–water partition coefficient (Wildman–Crippen LogP) is 4.19. The zero-order valence-corrected chi connectivity index (χ0v) is 14.8. The van der Waals surface area contributed by atoms with Crippen molar-refractivity contribution < 1.29 is 9.53 Å². The molecule has 0 fully saturated rings. The first kappa shape index (κ1) is 17.7. The third kappa shape index (κ3) is 5.48. The number of carbonyl (C=O) groups excluding carboxylic acids is 1. The van der Waals surface area contributed by atoms with Crippen molar-refractivity contribution in [3.63, 3.8) is 0 Å². The van der Waals surface area contributed by atoms with Crippen LogP contribution in [0.25, 0.3) is 0 Å². The van der Waals surface area contributed by atoms with Gasteiger partial charge in [-0.25, -0.2) is 0 Å². The van der Waals surface area contributed by atoms with Gasteiger partial charge in [-0.3, -0.25) is 4.79 Å². The second-order valence-electron chi connectivity index (χ2n) is 5.08. The zero-order valence-electron chi connectivity index (χ0n) is 13.2. The Morgan fingerprint density at radius 1 is 1.22 bits per heavy atom. The number of hydrogen-bond acceptors (Lipinski definition) is 3. The summed E-state index contributed by atoms with van der Waals surface area (Å²) in [5.74, 6) is 0.853. The summed E-state index contributed by atoms with van der Waals surface area (Å²) in [6, 6.07) is 15.4. The van der Waals surface area contributed by atoms with E-state index in [4.69, 9.17) is 16.3 Å². The van der Waals surface area contributed by atoms with Crippen LogP contribution >= 0.6 is 23.4 Å². The fourth-order valence-electron chi connectivity index (χ4n) is 2.05. The molecule has 122 valence electrons. The molecular formula is C18H20ClNO2S. The van der Waals surface area contributed by atoms with Gasteiger partial charge in [0.25, 0.3) is 0 Å². The summed E-state index contributed by atoms with van der Waals surface area (Å²) in [6.45, 7) is 2.50. The second kappa shape index (κ2) is 8.85. The van der Waals surface area contributed by atoms with Crippen molar-refractivity contribution in [2.75, 3.05) is 13.7 Å². The fraction of sp³-hybridized carbons (Fsp3) is 0.278. The van der Waals surface area contributed by atoms with Crippen LogP contribution in [0.2, 0.25) is 5.02 Å². The van der Waals surface area contributed by atoms with Gasteiger partial charge < -0.3 is 10.1 Å². The van der Waals surface area contributed by atoms with E-state index in [-0.39, 0.29) is 11.2 Å². The van der Waals surface area contributed by atoms with Crippen LogP contribution < -0.4 is 10.1 Å². The molecule has 0 heterocycles. The highest BCUT2D eigenvalue weighted by atomic mass is 35.5. The lowest BCUT2D eigenvalue weighted by atomic mass is 10.1. The SMILES string of the molecule is COc1ccc(CCNC(=O)[C@H](C)Sc2ccccc2Cl)cc1. The Morgan fingerprint density at radius 3 is 2.57 bits per heavy atom. The molecule has 0 unspecified atom stereocenters. The number of nitrogens with one attached hydrogen (secondary N) is 1. The van der Waals surface area contributed by atoms with Crippen LogP contribution in [0, 0.1) is 0 Å². The molecule has 2 rings (SSSR count). The predicted molar refractivity (Wildman–Crippen MR) is 96.5 cm³/mol. The van der Waals surface area contributed by atoms with E-state index in [2.05, 4.69) is 5.32 Å². The summed E-state index contributed by atoms with van der Waals surface area (Å²) in [5.41, 5.74) is 1.16. The number of rotatable bonds is 7. The van der Waals surface area contributed by atoms with Gasteiger partial charge in [0.15, 0.2) is 0 Å². The van der Waals surface area contributed by atoms with Gasteiger partial charge in [0.2, 0.25) is 5.91 Å². The minimum Gasteiger partial charge on any atom is -0.497 e. The largest absolute Gasteiger partial charge is 0.497 e. The van der Waals surface area contributed by atoms with Crippen molar-refractivity contribution in [2.45, 2.75) is 23.5 Å². The van der Waals surface area contributed by atoms with E-state index in [1.54, 1.807) is 7.11 Å². The summed E-state index contributed by atoms with van der Waals surface area (Å²) < 4.78 is 5.13. The number of benzene rings is 2. The van der Waals surface area contributed by atoms with Crippen LogP contribution in [0.1, 0.15) is 12.5 Å². The number of ether oxygens (including phenoxy) is 1. The molecule has 1 N–H and O–H groups in total. The first-order valence-electron chi connectivity index (χ1n) is 7.42. The Morgan fingerprint density at radius 2 is 1.91 bits per heavy atom. The fourth-order valence-corrected chi connectivity index (χ4v) is 3.23. The summed E-state index contributed by atoms with van der Waals surface area (Å²) >= 11 is 7.59. The molecule has 0 aliphatic carbocycles.